The zero-order valence-electron chi connectivity index (χ0n) is 17.4. The molecule has 3 aromatic rings. The van der Waals surface area contributed by atoms with Crippen LogP contribution in [0.5, 0.6) is 11.5 Å². The lowest BCUT2D eigenvalue weighted by Gasteiger charge is -2.15. The minimum absolute atomic E-state index is 0.0396. The third-order valence-corrected chi connectivity index (χ3v) is 5.58. The Labute approximate surface area is 202 Å². The van der Waals surface area contributed by atoms with Crippen LogP contribution < -0.4 is 16.2 Å². The molecule has 1 amide bonds. The van der Waals surface area contributed by atoms with Crippen LogP contribution in [0, 0.1) is 15.2 Å². The van der Waals surface area contributed by atoms with E-state index in [-0.39, 0.29) is 46.8 Å². The van der Waals surface area contributed by atoms with Crippen LogP contribution in [-0.4, -0.2) is 29.4 Å². The fourth-order valence-corrected chi connectivity index (χ4v) is 3.74. The molecular formula is C24H21F2IN2O4. The molecule has 0 heterocycles. The van der Waals surface area contributed by atoms with Gasteiger partial charge in [0.2, 0.25) is 0 Å². The van der Waals surface area contributed by atoms with E-state index in [1.807, 2.05) is 22.6 Å². The average Bonchev–Trinajstić information content (AvgIpc) is 2.74. The maximum absolute atomic E-state index is 14.4. The molecule has 0 aromatic heterocycles. The van der Waals surface area contributed by atoms with Crippen molar-refractivity contribution in [2.45, 2.75) is 18.9 Å². The molecule has 3 aromatic carbocycles. The van der Waals surface area contributed by atoms with Crippen LogP contribution in [0.25, 0.3) is 0 Å². The molecule has 0 saturated carbocycles. The third kappa shape index (κ3) is 6.34. The van der Waals surface area contributed by atoms with Crippen molar-refractivity contribution in [2.24, 2.45) is 11.5 Å². The van der Waals surface area contributed by atoms with Crippen LogP contribution in [0.1, 0.15) is 27.0 Å². The van der Waals surface area contributed by atoms with Gasteiger partial charge in [0.15, 0.2) is 5.78 Å². The lowest BCUT2D eigenvalue weighted by atomic mass is 9.98. The second kappa shape index (κ2) is 10.8. The molecule has 33 heavy (non-hydrogen) atoms. The lowest BCUT2D eigenvalue weighted by molar-refractivity contribution is -0.120. The van der Waals surface area contributed by atoms with Crippen molar-refractivity contribution < 1.29 is 28.2 Å². The van der Waals surface area contributed by atoms with Crippen LogP contribution in [-0.2, 0) is 17.6 Å². The number of aliphatic hydroxyl groups is 1. The summed E-state index contributed by atoms with van der Waals surface area (Å²) in [5.41, 5.74) is 12.0. The third-order valence-electron chi connectivity index (χ3n) is 4.91. The first-order valence-corrected chi connectivity index (χ1v) is 11.0. The maximum Gasteiger partial charge on any atom is 0.252 e. The van der Waals surface area contributed by atoms with E-state index in [0.29, 0.717) is 9.13 Å². The van der Waals surface area contributed by atoms with E-state index < -0.39 is 30.2 Å². The predicted octanol–water partition coefficient (Wildman–Crippen LogP) is 3.48. The number of hydrogen-bond acceptors (Lipinski definition) is 5. The van der Waals surface area contributed by atoms with Crippen molar-refractivity contribution in [1.29, 1.82) is 0 Å². The van der Waals surface area contributed by atoms with Crippen molar-refractivity contribution in [3.05, 3.63) is 92.1 Å². The molecule has 1 atom stereocenters. The quantitative estimate of drug-likeness (QED) is 0.343. The molecule has 5 N–H and O–H groups in total. The standard InChI is InChI=1S/C24H21F2IN2O4/c25-16-9-15(8-14-4-5-17(27)11-19(14)26)23(24(29)32)22(10-16)33-18-3-1-2-13(6-18)7-21(31)20(28)12-30/h1-6,9-11,20,30H,7-8,12,28H2,(H2,29,32)/t20-/m1/s1. The summed E-state index contributed by atoms with van der Waals surface area (Å²) in [7, 11) is 0. The number of aliphatic hydroxyl groups excluding tert-OH is 1. The number of nitrogens with two attached hydrogens (primary N) is 2. The van der Waals surface area contributed by atoms with E-state index in [4.69, 9.17) is 21.3 Å². The summed E-state index contributed by atoms with van der Waals surface area (Å²) in [6, 6.07) is 12.1. The van der Waals surface area contributed by atoms with Crippen molar-refractivity contribution in [1.82, 2.24) is 0 Å². The molecule has 0 saturated heterocycles. The Hall–Kier alpha value is -2.89. The zero-order chi connectivity index (χ0) is 24.1. The normalized spacial score (nSPS) is 11.8. The fourth-order valence-electron chi connectivity index (χ4n) is 3.29. The summed E-state index contributed by atoms with van der Waals surface area (Å²) in [5, 5.41) is 9.03. The Bertz CT molecular complexity index is 1200. The minimum Gasteiger partial charge on any atom is -0.456 e. The van der Waals surface area contributed by atoms with Crippen molar-refractivity contribution in [2.75, 3.05) is 6.61 Å². The highest BCUT2D eigenvalue weighted by molar-refractivity contribution is 14.1. The highest BCUT2D eigenvalue weighted by Gasteiger charge is 2.20. The van der Waals surface area contributed by atoms with Gasteiger partial charge in [-0.15, -0.1) is 0 Å². The first-order chi connectivity index (χ1) is 15.7. The van der Waals surface area contributed by atoms with E-state index in [1.54, 1.807) is 30.3 Å². The highest BCUT2D eigenvalue weighted by atomic mass is 127. The second-order valence-electron chi connectivity index (χ2n) is 7.40. The largest absolute Gasteiger partial charge is 0.456 e. The van der Waals surface area contributed by atoms with Gasteiger partial charge >= 0.3 is 0 Å². The van der Waals surface area contributed by atoms with Crippen LogP contribution in [0.4, 0.5) is 8.78 Å². The van der Waals surface area contributed by atoms with Gasteiger partial charge < -0.3 is 21.3 Å². The molecule has 172 valence electrons. The molecule has 0 aliphatic rings. The molecule has 0 aliphatic carbocycles. The number of rotatable bonds is 9. The van der Waals surface area contributed by atoms with E-state index in [0.717, 1.165) is 12.1 Å². The minimum atomic E-state index is -0.997. The van der Waals surface area contributed by atoms with E-state index in [1.165, 1.54) is 12.1 Å². The first kappa shape index (κ1) is 24.7. The zero-order valence-corrected chi connectivity index (χ0v) is 19.5. The summed E-state index contributed by atoms with van der Waals surface area (Å²) in [4.78, 5) is 24.2. The van der Waals surface area contributed by atoms with Crippen LogP contribution >= 0.6 is 22.6 Å². The molecule has 0 bridgehead atoms. The number of primary amides is 1. The van der Waals surface area contributed by atoms with Gasteiger partial charge in [0.25, 0.3) is 5.91 Å². The molecule has 0 unspecified atom stereocenters. The van der Waals surface area contributed by atoms with E-state index in [9.17, 15) is 18.4 Å². The number of benzene rings is 3. The number of amides is 1. The van der Waals surface area contributed by atoms with Gasteiger partial charge in [0.1, 0.15) is 23.1 Å². The van der Waals surface area contributed by atoms with E-state index in [2.05, 4.69) is 0 Å². The molecular weight excluding hydrogens is 545 g/mol. The number of carbonyl (C=O) groups excluding carboxylic acids is 2. The van der Waals surface area contributed by atoms with Gasteiger partial charge in [0.05, 0.1) is 18.2 Å². The van der Waals surface area contributed by atoms with Crippen molar-refractivity contribution in [3.8, 4) is 11.5 Å². The Morgan fingerprint density at radius 3 is 2.48 bits per heavy atom. The van der Waals surface area contributed by atoms with Gasteiger partial charge in [-0.25, -0.2) is 8.78 Å². The Balaban J connectivity index is 1.94. The number of ether oxygens (including phenoxy) is 1. The SMILES string of the molecule is NC(=O)c1c(Cc2ccc(I)cc2F)cc(F)cc1Oc1cccc(CC(=O)[C@H](N)CO)c1. The topological polar surface area (TPSA) is 116 Å². The average molecular weight is 566 g/mol. The van der Waals surface area contributed by atoms with Gasteiger partial charge in [-0.3, -0.25) is 9.59 Å². The second-order valence-corrected chi connectivity index (χ2v) is 8.64. The Kier molecular flexibility index (Phi) is 8.11. The smallest absolute Gasteiger partial charge is 0.252 e. The molecule has 0 fully saturated rings. The number of carbonyl (C=O) groups is 2. The molecule has 0 spiro atoms. The van der Waals surface area contributed by atoms with Crippen LogP contribution in [0.15, 0.2) is 54.6 Å². The summed E-state index contributed by atoms with van der Waals surface area (Å²) >= 11 is 1.97. The van der Waals surface area contributed by atoms with Crippen molar-refractivity contribution >= 4 is 34.3 Å². The van der Waals surface area contributed by atoms with Gasteiger partial charge in [-0.2, -0.15) is 0 Å². The summed E-state index contributed by atoms with van der Waals surface area (Å²) in [6.07, 6.45) is -0.106. The Morgan fingerprint density at radius 2 is 1.82 bits per heavy atom. The molecule has 9 heteroatoms. The van der Waals surface area contributed by atoms with Crippen molar-refractivity contribution in [3.63, 3.8) is 0 Å². The molecule has 3 rings (SSSR count). The van der Waals surface area contributed by atoms with Gasteiger partial charge in [-0.05, 0) is 69.6 Å². The monoisotopic (exact) mass is 566 g/mol. The van der Waals surface area contributed by atoms with Gasteiger partial charge in [-0.1, -0.05) is 18.2 Å². The fraction of sp³-hybridized carbons (Fsp3) is 0.167. The number of halogens is 3. The predicted molar refractivity (Wildman–Crippen MR) is 127 cm³/mol. The van der Waals surface area contributed by atoms with Crippen LogP contribution in [0.3, 0.4) is 0 Å². The molecule has 6 nitrogen and oxygen atoms in total. The Morgan fingerprint density at radius 1 is 1.06 bits per heavy atom. The molecule has 0 radical (unpaired) electrons. The number of Topliss-reactive ketones (excluding diaryl/α,β-unsaturated/α-hetero) is 1. The summed E-state index contributed by atoms with van der Waals surface area (Å²) in [6.45, 7) is -0.468. The van der Waals surface area contributed by atoms with Gasteiger partial charge in [0, 0.05) is 22.5 Å². The maximum atomic E-state index is 14.4. The molecule has 0 aliphatic heterocycles. The highest BCUT2D eigenvalue weighted by Crippen LogP contribution is 2.31. The lowest BCUT2D eigenvalue weighted by Crippen LogP contribution is -2.35. The number of hydrogen-bond donors (Lipinski definition) is 3. The first-order valence-electron chi connectivity index (χ1n) is 9.90. The summed E-state index contributed by atoms with van der Waals surface area (Å²) < 4.78 is 35.2. The van der Waals surface area contributed by atoms with E-state index >= 15 is 0 Å². The van der Waals surface area contributed by atoms with Crippen LogP contribution in [0.2, 0.25) is 0 Å². The summed E-state index contributed by atoms with van der Waals surface area (Å²) in [5.74, 6) is -2.28. The number of ketones is 1.